The molecule has 0 saturated carbocycles. The standard InChI is InChI=1S/C19H30O6S/c1-4-7-10-14-13-17(19(20)21)18(25-26(22,23)24)16(12-9-6-3)15(14)11-8-5-2/h13H,4-12H2,1-3H3,(H,20,21)(H,22,23,24). The van der Waals surface area contributed by atoms with Crippen LogP contribution in [0, 0.1) is 0 Å². The van der Waals surface area contributed by atoms with E-state index in [-0.39, 0.29) is 11.3 Å². The number of carbonyl (C=O) groups is 1. The molecule has 0 spiro atoms. The molecule has 1 aromatic carbocycles. The molecule has 0 aromatic heterocycles. The fourth-order valence-electron chi connectivity index (χ4n) is 3.05. The van der Waals surface area contributed by atoms with Crippen LogP contribution in [0.15, 0.2) is 6.07 Å². The Labute approximate surface area is 156 Å². The van der Waals surface area contributed by atoms with Crippen LogP contribution in [0.2, 0.25) is 0 Å². The van der Waals surface area contributed by atoms with Gasteiger partial charge in [-0.15, -0.1) is 0 Å². The van der Waals surface area contributed by atoms with E-state index in [0.29, 0.717) is 12.0 Å². The first-order chi connectivity index (χ1) is 12.2. The van der Waals surface area contributed by atoms with Gasteiger partial charge in [-0.05, 0) is 55.7 Å². The number of carboxylic acid groups (broad SMARTS) is 1. The number of rotatable bonds is 12. The van der Waals surface area contributed by atoms with E-state index < -0.39 is 16.4 Å². The van der Waals surface area contributed by atoms with Gasteiger partial charge in [-0.3, -0.25) is 4.55 Å². The molecule has 0 saturated heterocycles. The first-order valence-corrected chi connectivity index (χ1v) is 10.7. The maximum Gasteiger partial charge on any atom is 0.446 e. The van der Waals surface area contributed by atoms with E-state index in [1.165, 1.54) is 6.07 Å². The van der Waals surface area contributed by atoms with Crippen LogP contribution in [0.4, 0.5) is 0 Å². The highest BCUT2D eigenvalue weighted by molar-refractivity contribution is 7.81. The van der Waals surface area contributed by atoms with Gasteiger partial charge in [0, 0.05) is 5.56 Å². The van der Waals surface area contributed by atoms with E-state index in [2.05, 4.69) is 13.8 Å². The normalized spacial score (nSPS) is 11.5. The first-order valence-electron chi connectivity index (χ1n) is 9.32. The van der Waals surface area contributed by atoms with E-state index in [1.54, 1.807) is 0 Å². The zero-order valence-corrected chi connectivity index (χ0v) is 16.7. The molecular formula is C19H30O6S. The van der Waals surface area contributed by atoms with Gasteiger partial charge in [0.1, 0.15) is 5.56 Å². The maximum atomic E-state index is 11.7. The number of hydrogen-bond acceptors (Lipinski definition) is 4. The summed E-state index contributed by atoms with van der Waals surface area (Å²) in [5, 5.41) is 9.57. The summed E-state index contributed by atoms with van der Waals surface area (Å²) >= 11 is 0. The Kier molecular flexibility index (Phi) is 9.08. The fourth-order valence-corrected chi connectivity index (χ4v) is 3.45. The smallest absolute Gasteiger partial charge is 0.446 e. The summed E-state index contributed by atoms with van der Waals surface area (Å²) in [6.07, 6.45) is 7.41. The molecule has 0 unspecified atom stereocenters. The molecule has 0 bridgehead atoms. The second-order valence-corrected chi connectivity index (χ2v) is 7.52. The van der Waals surface area contributed by atoms with Crippen LogP contribution in [0.5, 0.6) is 5.75 Å². The van der Waals surface area contributed by atoms with E-state index >= 15 is 0 Å². The Hall–Kier alpha value is -1.60. The van der Waals surface area contributed by atoms with E-state index in [9.17, 15) is 18.3 Å². The molecule has 0 fully saturated rings. The lowest BCUT2D eigenvalue weighted by Crippen LogP contribution is -2.15. The Bertz CT molecular complexity index is 709. The molecule has 0 radical (unpaired) electrons. The molecule has 0 heterocycles. The van der Waals surface area contributed by atoms with Crippen LogP contribution in [-0.2, 0) is 29.7 Å². The van der Waals surface area contributed by atoms with E-state index in [4.69, 9.17) is 8.74 Å². The second kappa shape index (κ2) is 10.5. The van der Waals surface area contributed by atoms with Gasteiger partial charge in [-0.25, -0.2) is 4.79 Å². The lowest BCUT2D eigenvalue weighted by Gasteiger charge is -2.20. The quantitative estimate of drug-likeness (QED) is 0.509. The third-order valence-corrected chi connectivity index (χ3v) is 4.75. The number of hydrogen-bond donors (Lipinski definition) is 2. The van der Waals surface area contributed by atoms with Gasteiger partial charge in [0.15, 0.2) is 5.75 Å². The van der Waals surface area contributed by atoms with Gasteiger partial charge in [0.25, 0.3) is 0 Å². The van der Waals surface area contributed by atoms with Gasteiger partial charge in [-0.1, -0.05) is 40.0 Å². The number of carboxylic acids is 1. The zero-order chi connectivity index (χ0) is 19.7. The molecule has 0 amide bonds. The molecule has 0 aliphatic rings. The number of aryl methyl sites for hydroxylation is 1. The largest absolute Gasteiger partial charge is 0.478 e. The lowest BCUT2D eigenvalue weighted by atomic mass is 9.88. The molecule has 26 heavy (non-hydrogen) atoms. The molecular weight excluding hydrogens is 356 g/mol. The Morgan fingerprint density at radius 3 is 1.92 bits per heavy atom. The van der Waals surface area contributed by atoms with Gasteiger partial charge in [0.05, 0.1) is 0 Å². The topological polar surface area (TPSA) is 101 Å². The van der Waals surface area contributed by atoms with Crippen LogP contribution in [0.3, 0.4) is 0 Å². The maximum absolute atomic E-state index is 11.7. The fraction of sp³-hybridized carbons (Fsp3) is 0.632. The minimum atomic E-state index is -4.81. The van der Waals surface area contributed by atoms with E-state index in [0.717, 1.165) is 62.5 Å². The summed E-state index contributed by atoms with van der Waals surface area (Å²) in [7, 11) is -4.81. The summed E-state index contributed by atoms with van der Waals surface area (Å²) < 4.78 is 36.6. The highest BCUT2D eigenvalue weighted by Crippen LogP contribution is 2.35. The van der Waals surface area contributed by atoms with Crippen molar-refractivity contribution < 1.29 is 27.1 Å². The van der Waals surface area contributed by atoms with Gasteiger partial charge >= 0.3 is 16.4 Å². The summed E-state index contributed by atoms with van der Waals surface area (Å²) in [4.78, 5) is 11.7. The van der Waals surface area contributed by atoms with Crippen molar-refractivity contribution in [2.24, 2.45) is 0 Å². The third kappa shape index (κ3) is 6.61. The van der Waals surface area contributed by atoms with E-state index in [1.807, 2.05) is 6.92 Å². The predicted octanol–water partition coefficient (Wildman–Crippen LogP) is 4.59. The van der Waals surface area contributed by atoms with Crippen molar-refractivity contribution in [1.29, 1.82) is 0 Å². The average Bonchev–Trinajstić information content (AvgIpc) is 2.56. The lowest BCUT2D eigenvalue weighted by molar-refractivity contribution is 0.0694. The molecule has 1 aromatic rings. The number of benzene rings is 1. The molecule has 2 N–H and O–H groups in total. The second-order valence-electron chi connectivity index (χ2n) is 6.50. The molecule has 7 heteroatoms. The Morgan fingerprint density at radius 1 is 0.962 bits per heavy atom. The summed E-state index contributed by atoms with van der Waals surface area (Å²) in [6.45, 7) is 6.14. The summed E-state index contributed by atoms with van der Waals surface area (Å²) in [5.41, 5.74) is 2.30. The van der Waals surface area contributed by atoms with Gasteiger partial charge in [-0.2, -0.15) is 8.42 Å². The zero-order valence-electron chi connectivity index (χ0n) is 15.9. The molecule has 0 atom stereocenters. The first kappa shape index (κ1) is 22.4. The summed E-state index contributed by atoms with van der Waals surface area (Å²) in [6, 6.07) is 1.51. The van der Waals surface area contributed by atoms with Gasteiger partial charge in [0.2, 0.25) is 0 Å². The minimum absolute atomic E-state index is 0.208. The van der Waals surface area contributed by atoms with Crippen LogP contribution < -0.4 is 4.18 Å². The molecule has 6 nitrogen and oxygen atoms in total. The Balaban J connectivity index is 3.67. The monoisotopic (exact) mass is 386 g/mol. The SMILES string of the molecule is CCCCc1cc(C(=O)O)c(OS(=O)(=O)O)c(CCCC)c1CCCC. The van der Waals surface area contributed by atoms with Crippen LogP contribution >= 0.6 is 0 Å². The minimum Gasteiger partial charge on any atom is -0.478 e. The molecule has 1 rings (SSSR count). The van der Waals surface area contributed by atoms with Crippen molar-refractivity contribution >= 4 is 16.4 Å². The van der Waals surface area contributed by atoms with Crippen LogP contribution in [0.1, 0.15) is 86.3 Å². The van der Waals surface area contributed by atoms with Crippen molar-refractivity contribution in [2.75, 3.05) is 0 Å². The van der Waals surface area contributed by atoms with Gasteiger partial charge < -0.3 is 9.29 Å². The van der Waals surface area contributed by atoms with Crippen molar-refractivity contribution in [2.45, 2.75) is 78.6 Å². The third-order valence-electron chi connectivity index (χ3n) is 4.37. The van der Waals surface area contributed by atoms with Crippen molar-refractivity contribution in [3.63, 3.8) is 0 Å². The Morgan fingerprint density at radius 2 is 1.46 bits per heavy atom. The van der Waals surface area contributed by atoms with Crippen molar-refractivity contribution in [3.8, 4) is 5.75 Å². The molecule has 0 aliphatic carbocycles. The van der Waals surface area contributed by atoms with Crippen molar-refractivity contribution in [3.05, 3.63) is 28.3 Å². The number of aromatic carboxylic acids is 1. The van der Waals surface area contributed by atoms with Crippen LogP contribution in [-0.4, -0.2) is 24.0 Å². The van der Waals surface area contributed by atoms with Crippen molar-refractivity contribution in [1.82, 2.24) is 0 Å². The molecule has 148 valence electrons. The summed E-state index contributed by atoms with van der Waals surface area (Å²) in [5.74, 6) is -1.50. The molecule has 0 aliphatic heterocycles. The highest BCUT2D eigenvalue weighted by atomic mass is 32.3. The van der Waals surface area contributed by atoms with Crippen LogP contribution in [0.25, 0.3) is 0 Å². The predicted molar refractivity (Wildman–Crippen MR) is 101 cm³/mol. The highest BCUT2D eigenvalue weighted by Gasteiger charge is 2.25. The number of unbranched alkanes of at least 4 members (excludes halogenated alkanes) is 3. The average molecular weight is 387 g/mol.